The maximum Gasteiger partial charge on any atom is 0.201 e. The number of ketones is 3. The lowest BCUT2D eigenvalue weighted by molar-refractivity contribution is 0.0974. The van der Waals surface area contributed by atoms with E-state index >= 15 is 0 Å². The zero-order chi connectivity index (χ0) is 20.5. The van der Waals surface area contributed by atoms with E-state index in [0.717, 1.165) is 25.1 Å². The summed E-state index contributed by atoms with van der Waals surface area (Å²) in [6.07, 6.45) is 0. The van der Waals surface area contributed by atoms with Gasteiger partial charge in [-0.3, -0.25) is 14.4 Å². The first-order chi connectivity index (χ1) is 13.1. The van der Waals surface area contributed by atoms with Crippen molar-refractivity contribution >= 4 is 28.1 Å². The molecule has 0 amide bonds. The topological polar surface area (TPSA) is 152 Å². The highest BCUT2D eigenvalue weighted by Crippen LogP contribution is 2.46. The molecule has 0 saturated carbocycles. The molecule has 4 rings (SSSR count). The quantitative estimate of drug-likeness (QED) is 0.316. The molecule has 0 atom stereocenters. The van der Waals surface area contributed by atoms with E-state index in [0.29, 0.717) is 0 Å². The Hall–Kier alpha value is -4.07. The third-order valence-corrected chi connectivity index (χ3v) is 4.75. The third-order valence-electron chi connectivity index (χ3n) is 4.75. The Balaban J connectivity index is 2.14. The Bertz CT molecular complexity index is 1270. The molecule has 0 saturated heterocycles. The van der Waals surface area contributed by atoms with Gasteiger partial charge in [-0.05, 0) is 30.5 Å². The van der Waals surface area contributed by atoms with Gasteiger partial charge in [-0.25, -0.2) is 0 Å². The van der Waals surface area contributed by atoms with Crippen LogP contribution in [0.5, 0.6) is 28.7 Å². The van der Waals surface area contributed by atoms with E-state index in [1.807, 2.05) is 0 Å². The summed E-state index contributed by atoms with van der Waals surface area (Å²) in [5, 5.41) is 50.5. The van der Waals surface area contributed by atoms with Gasteiger partial charge in [0.05, 0.1) is 16.5 Å². The van der Waals surface area contributed by atoms with Crippen LogP contribution < -0.4 is 0 Å². The minimum absolute atomic E-state index is 0.0187. The average molecular weight is 380 g/mol. The number of hydrogen-bond acceptors (Lipinski definition) is 8. The third kappa shape index (κ3) is 2.08. The van der Waals surface area contributed by atoms with E-state index < -0.39 is 62.8 Å². The molecule has 140 valence electrons. The molecule has 0 fully saturated rings. The molecule has 3 aromatic carbocycles. The van der Waals surface area contributed by atoms with Crippen molar-refractivity contribution in [1.29, 1.82) is 0 Å². The zero-order valence-electron chi connectivity index (χ0n) is 14.3. The van der Waals surface area contributed by atoms with Crippen LogP contribution in [0.3, 0.4) is 0 Å². The van der Waals surface area contributed by atoms with E-state index in [1.54, 1.807) is 0 Å². The van der Waals surface area contributed by atoms with Crippen LogP contribution in [0.2, 0.25) is 0 Å². The number of Topliss-reactive ketones (excluding diaryl/α,β-unsaturated/α-hetero) is 1. The smallest absolute Gasteiger partial charge is 0.201 e. The van der Waals surface area contributed by atoms with Gasteiger partial charge in [0.25, 0.3) is 0 Å². The maximum atomic E-state index is 12.9. The molecule has 0 heterocycles. The molecule has 0 radical (unpaired) electrons. The fraction of sp³-hybridized carbons (Fsp3) is 0.0500. The molecule has 8 nitrogen and oxygen atoms in total. The van der Waals surface area contributed by atoms with Gasteiger partial charge < -0.3 is 25.5 Å². The average Bonchev–Trinajstić information content (AvgIpc) is 2.57. The monoisotopic (exact) mass is 380 g/mol. The largest absolute Gasteiger partial charge is 0.508 e. The van der Waals surface area contributed by atoms with Gasteiger partial charge in [0, 0.05) is 17.2 Å². The molecule has 1 aliphatic rings. The fourth-order valence-electron chi connectivity index (χ4n) is 3.57. The van der Waals surface area contributed by atoms with Crippen LogP contribution in [-0.2, 0) is 0 Å². The lowest BCUT2D eigenvalue weighted by atomic mass is 9.81. The first-order valence-electron chi connectivity index (χ1n) is 8.04. The molecule has 0 spiro atoms. The lowest BCUT2D eigenvalue weighted by Gasteiger charge is -2.21. The Labute approximate surface area is 156 Å². The minimum Gasteiger partial charge on any atom is -0.508 e. The number of carbonyl (C=O) groups is 3. The first-order valence-corrected chi connectivity index (χ1v) is 8.04. The van der Waals surface area contributed by atoms with Crippen molar-refractivity contribution in [2.24, 2.45) is 0 Å². The zero-order valence-corrected chi connectivity index (χ0v) is 14.3. The van der Waals surface area contributed by atoms with Gasteiger partial charge >= 0.3 is 0 Å². The highest BCUT2D eigenvalue weighted by molar-refractivity contribution is 6.32. The van der Waals surface area contributed by atoms with Crippen LogP contribution in [0.25, 0.3) is 10.8 Å². The number of hydrogen-bond donors (Lipinski definition) is 5. The predicted molar refractivity (Wildman–Crippen MR) is 95.6 cm³/mol. The van der Waals surface area contributed by atoms with E-state index in [4.69, 9.17) is 0 Å². The molecule has 0 aliphatic heterocycles. The van der Waals surface area contributed by atoms with Gasteiger partial charge in [0.2, 0.25) is 5.78 Å². The number of benzene rings is 3. The number of aromatic hydroxyl groups is 5. The molecule has 0 bridgehead atoms. The molecule has 28 heavy (non-hydrogen) atoms. The van der Waals surface area contributed by atoms with Crippen LogP contribution in [0, 0.1) is 0 Å². The normalized spacial score (nSPS) is 12.8. The maximum absolute atomic E-state index is 12.9. The van der Waals surface area contributed by atoms with Crippen molar-refractivity contribution in [2.75, 3.05) is 0 Å². The van der Waals surface area contributed by atoms with Gasteiger partial charge in [0.1, 0.15) is 34.3 Å². The van der Waals surface area contributed by atoms with Gasteiger partial charge in [-0.2, -0.15) is 0 Å². The molecule has 8 heteroatoms. The van der Waals surface area contributed by atoms with Crippen LogP contribution in [0.15, 0.2) is 24.3 Å². The second kappa shape index (κ2) is 5.46. The Kier molecular flexibility index (Phi) is 3.38. The summed E-state index contributed by atoms with van der Waals surface area (Å²) in [5.41, 5.74) is -1.77. The van der Waals surface area contributed by atoms with E-state index in [9.17, 15) is 39.9 Å². The van der Waals surface area contributed by atoms with E-state index in [1.165, 1.54) is 6.07 Å². The van der Waals surface area contributed by atoms with Gasteiger partial charge in [-0.1, -0.05) is 0 Å². The number of rotatable bonds is 1. The van der Waals surface area contributed by atoms with E-state index in [-0.39, 0.29) is 21.9 Å². The molecule has 3 aromatic rings. The van der Waals surface area contributed by atoms with Crippen LogP contribution in [0.1, 0.15) is 49.1 Å². The summed E-state index contributed by atoms with van der Waals surface area (Å²) in [6, 6.07) is 4.17. The van der Waals surface area contributed by atoms with E-state index in [2.05, 4.69) is 0 Å². The predicted octanol–water partition coefficient (Wildman–Crippen LogP) is 2.35. The van der Waals surface area contributed by atoms with Crippen molar-refractivity contribution in [3.8, 4) is 28.7 Å². The summed E-state index contributed by atoms with van der Waals surface area (Å²) < 4.78 is 0. The SMILES string of the molecule is CC(=O)c1c(O)cc2cc3c(c(O)c2c1O)C(=O)c1c(O)cc(O)cc1C3=O. The number of carbonyl (C=O) groups excluding carboxylic acids is 3. The second-order valence-electron chi connectivity index (χ2n) is 6.47. The summed E-state index contributed by atoms with van der Waals surface area (Å²) in [7, 11) is 0. The number of fused-ring (bicyclic) bond motifs is 3. The van der Waals surface area contributed by atoms with Crippen LogP contribution in [0.4, 0.5) is 0 Å². The molecule has 5 N–H and O–H groups in total. The molecule has 0 aromatic heterocycles. The van der Waals surface area contributed by atoms with Crippen molar-refractivity contribution in [2.45, 2.75) is 6.92 Å². The molecular formula is C20H12O8. The Morgan fingerprint density at radius 1 is 0.750 bits per heavy atom. The number of phenols is 5. The molecule has 0 unspecified atom stereocenters. The number of phenolic OH excluding ortho intramolecular Hbond substituents is 5. The van der Waals surface area contributed by atoms with Crippen molar-refractivity contribution in [3.63, 3.8) is 0 Å². The fourth-order valence-corrected chi connectivity index (χ4v) is 3.57. The highest BCUT2D eigenvalue weighted by atomic mass is 16.3. The van der Waals surface area contributed by atoms with Crippen molar-refractivity contribution < 1.29 is 39.9 Å². The van der Waals surface area contributed by atoms with Crippen molar-refractivity contribution in [3.05, 3.63) is 52.1 Å². The second-order valence-corrected chi connectivity index (χ2v) is 6.47. The minimum atomic E-state index is -0.890. The summed E-state index contributed by atoms with van der Waals surface area (Å²) >= 11 is 0. The standard InChI is InChI=1S/C20H12O8/c1-6(21)13-11(23)3-7-2-9-16(19(27)14(7)18(13)26)20(28)15-10(17(9)25)4-8(22)5-12(15)24/h2-5,22-24,26-27H,1H3. The Morgan fingerprint density at radius 3 is 2.04 bits per heavy atom. The highest BCUT2D eigenvalue weighted by Gasteiger charge is 2.36. The lowest BCUT2D eigenvalue weighted by Crippen LogP contribution is -2.21. The van der Waals surface area contributed by atoms with Crippen LogP contribution in [-0.4, -0.2) is 42.9 Å². The Morgan fingerprint density at radius 2 is 1.39 bits per heavy atom. The van der Waals surface area contributed by atoms with Crippen molar-refractivity contribution in [1.82, 2.24) is 0 Å². The molecule has 1 aliphatic carbocycles. The summed E-state index contributed by atoms with van der Waals surface area (Å²) in [6.45, 7) is 1.10. The first kappa shape index (κ1) is 17.3. The van der Waals surface area contributed by atoms with Gasteiger partial charge in [0.15, 0.2) is 11.6 Å². The van der Waals surface area contributed by atoms with Crippen LogP contribution >= 0.6 is 0 Å². The summed E-state index contributed by atoms with van der Waals surface area (Å²) in [5.74, 6) is -5.42. The van der Waals surface area contributed by atoms with Gasteiger partial charge in [-0.15, -0.1) is 0 Å². The molecular weight excluding hydrogens is 368 g/mol. The summed E-state index contributed by atoms with van der Waals surface area (Å²) in [4.78, 5) is 37.4.